The van der Waals surface area contributed by atoms with Crippen molar-refractivity contribution < 1.29 is 32.6 Å². The Morgan fingerprint density at radius 1 is 1.07 bits per heavy atom. The summed E-state index contributed by atoms with van der Waals surface area (Å²) in [5, 5.41) is 12.2. The Bertz CT molecular complexity index is 1370. The first kappa shape index (κ1) is 37.7. The van der Waals surface area contributed by atoms with E-state index in [2.05, 4.69) is 21.9 Å². The molecule has 2 aliphatic rings. The first-order chi connectivity index (χ1) is 21.9. The number of methoxy groups -OCH3 is 1. The van der Waals surface area contributed by atoms with Gasteiger partial charge in [-0.15, -0.1) is 0 Å². The summed E-state index contributed by atoms with van der Waals surface area (Å²) in [5.41, 5.74) is 4.06. The Morgan fingerprint density at radius 3 is 2.39 bits per heavy atom. The lowest BCUT2D eigenvalue weighted by atomic mass is 9.90. The quantitative estimate of drug-likeness (QED) is 0.264. The van der Waals surface area contributed by atoms with E-state index in [1.54, 1.807) is 13.2 Å². The zero-order valence-corrected chi connectivity index (χ0v) is 29.1. The number of benzene rings is 2. The number of hydrogen-bond acceptors (Lipinski definition) is 7. The molecule has 9 nitrogen and oxygen atoms in total. The number of hydrogen-bond donors (Lipinski definition) is 2. The number of sulfone groups is 1. The topological polar surface area (TPSA) is 122 Å². The number of carboxylic acid groups (broad SMARTS) is 1. The Labute approximate surface area is 276 Å². The predicted octanol–water partition coefficient (Wildman–Crippen LogP) is 5.74. The third-order valence-electron chi connectivity index (χ3n) is 8.94. The van der Waals surface area contributed by atoms with E-state index >= 15 is 0 Å². The Kier molecular flexibility index (Phi) is 15.2. The highest BCUT2D eigenvalue weighted by Gasteiger charge is 2.31. The van der Waals surface area contributed by atoms with Gasteiger partial charge in [0, 0.05) is 51.3 Å². The van der Waals surface area contributed by atoms with Gasteiger partial charge in [-0.25, -0.2) is 13.2 Å². The van der Waals surface area contributed by atoms with Crippen LogP contribution in [0.2, 0.25) is 0 Å². The van der Waals surface area contributed by atoms with Gasteiger partial charge in [0.2, 0.25) is 0 Å². The molecule has 256 valence electrons. The molecular weight excluding hydrogens is 604 g/mol. The van der Waals surface area contributed by atoms with Gasteiger partial charge in [-0.1, -0.05) is 56.5 Å². The minimum Gasteiger partial charge on any atom is -0.480 e. The van der Waals surface area contributed by atoms with Crippen LogP contribution in [-0.4, -0.2) is 87.9 Å². The van der Waals surface area contributed by atoms with E-state index in [4.69, 9.17) is 4.74 Å². The molecular formula is C36H54N2O7S. The molecule has 4 rings (SSSR count). The van der Waals surface area contributed by atoms with Crippen LogP contribution in [0.25, 0.3) is 11.1 Å². The lowest BCUT2D eigenvalue weighted by Crippen LogP contribution is -2.42. The first-order valence-electron chi connectivity index (χ1n) is 16.6. The van der Waals surface area contributed by atoms with Crippen LogP contribution in [0.4, 0.5) is 0 Å². The summed E-state index contributed by atoms with van der Waals surface area (Å²) >= 11 is 0. The number of likely N-dealkylation sites (tertiary alicyclic amines) is 1. The third kappa shape index (κ3) is 12.1. The van der Waals surface area contributed by atoms with Crippen LogP contribution in [0.1, 0.15) is 80.3 Å². The molecule has 2 aromatic rings. The van der Waals surface area contributed by atoms with E-state index in [1.807, 2.05) is 50.2 Å². The molecule has 0 radical (unpaired) electrons. The van der Waals surface area contributed by atoms with Crippen LogP contribution in [0.3, 0.4) is 0 Å². The summed E-state index contributed by atoms with van der Waals surface area (Å²) < 4.78 is 34.0. The third-order valence-corrected chi connectivity index (χ3v) is 9.92. The van der Waals surface area contributed by atoms with Crippen molar-refractivity contribution >= 4 is 21.7 Å². The summed E-state index contributed by atoms with van der Waals surface area (Å²) in [6.45, 7) is 10.3. The Morgan fingerprint density at radius 2 is 1.76 bits per heavy atom. The zero-order valence-electron chi connectivity index (χ0n) is 28.3. The van der Waals surface area contributed by atoms with Crippen LogP contribution in [-0.2, 0) is 30.7 Å². The summed E-state index contributed by atoms with van der Waals surface area (Å²) in [7, 11) is -1.70. The van der Waals surface area contributed by atoms with Crippen molar-refractivity contribution in [3.63, 3.8) is 0 Å². The average Bonchev–Trinajstić information content (AvgIpc) is 3.37. The number of carbonyl (C=O) groups is 2. The second-order valence-electron chi connectivity index (χ2n) is 13.0. The number of nitrogens with one attached hydrogen (secondary N) is 1. The van der Waals surface area contributed by atoms with Crippen LogP contribution in [0.15, 0.2) is 42.5 Å². The van der Waals surface area contributed by atoms with E-state index in [1.165, 1.54) is 32.1 Å². The van der Waals surface area contributed by atoms with E-state index in [0.717, 1.165) is 67.8 Å². The van der Waals surface area contributed by atoms with Crippen molar-refractivity contribution in [2.24, 2.45) is 11.8 Å². The summed E-state index contributed by atoms with van der Waals surface area (Å²) in [6.07, 6.45) is 8.48. The number of amides is 1. The zero-order chi connectivity index (χ0) is 33.7. The minimum absolute atomic E-state index is 0.199. The number of aliphatic carboxylic acids is 1. The molecule has 2 fully saturated rings. The molecule has 10 heteroatoms. The molecule has 1 aliphatic heterocycles. The number of nitrogens with zero attached hydrogens (tertiary/aromatic N) is 1. The van der Waals surface area contributed by atoms with E-state index in [-0.39, 0.29) is 12.2 Å². The monoisotopic (exact) mass is 658 g/mol. The second kappa shape index (κ2) is 18.5. The molecule has 2 N–H and O–H groups in total. The summed E-state index contributed by atoms with van der Waals surface area (Å²) in [6, 6.07) is 12.6. The van der Waals surface area contributed by atoms with Gasteiger partial charge in [-0.2, -0.15) is 0 Å². The fourth-order valence-corrected chi connectivity index (χ4v) is 7.04. The highest BCUT2D eigenvalue weighted by molar-refractivity contribution is 7.90. The second-order valence-corrected chi connectivity index (χ2v) is 15.3. The first-order valence-corrected chi connectivity index (χ1v) is 18.7. The van der Waals surface area contributed by atoms with Crippen molar-refractivity contribution in [2.45, 2.75) is 84.3 Å². The number of carbonyl (C=O) groups excluding carboxylic acids is 1. The molecule has 3 atom stereocenters. The van der Waals surface area contributed by atoms with Gasteiger partial charge in [0.05, 0.1) is 12.4 Å². The van der Waals surface area contributed by atoms with Gasteiger partial charge in [0.25, 0.3) is 5.91 Å². The van der Waals surface area contributed by atoms with Gasteiger partial charge in [0.1, 0.15) is 15.9 Å². The highest BCUT2D eigenvalue weighted by atomic mass is 32.2. The van der Waals surface area contributed by atoms with Gasteiger partial charge in [-0.3, -0.25) is 9.69 Å². The smallest absolute Gasteiger partial charge is 0.326 e. The molecule has 0 aromatic heterocycles. The van der Waals surface area contributed by atoms with Crippen molar-refractivity contribution in [3.8, 4) is 11.1 Å². The molecule has 1 saturated carbocycles. The lowest BCUT2D eigenvalue weighted by molar-refractivity contribution is -0.139. The van der Waals surface area contributed by atoms with Crippen LogP contribution >= 0.6 is 0 Å². The standard InChI is InChI=1S/C33H46N2O6S.C3H8O/c1-23-17-27(22-41-21-25-10-5-4-6-11-25)35(19-23)20-26-13-14-29(30(18-26)28-12-8-7-9-24(28)2)32(36)34-31(33(37)38)15-16-42(3,39)40;1-3-4-2/h7-9,12-14,18,23,25,27,31H,4-6,10-11,15-17,19-22H2,1-3H3,(H,34,36)(H,37,38);3H2,1-2H3. The fourth-order valence-electron chi connectivity index (χ4n) is 6.37. The SMILES string of the molecule is CCOC.Cc1ccccc1-c1cc(CN2CC(C)CC2COCC2CCCCC2)ccc1C(=O)NC(CCS(C)(=O)=O)C(=O)O. The number of carboxylic acids is 1. The lowest BCUT2D eigenvalue weighted by Gasteiger charge is -2.27. The van der Waals surface area contributed by atoms with Crippen molar-refractivity contribution in [1.29, 1.82) is 0 Å². The van der Waals surface area contributed by atoms with Gasteiger partial charge < -0.3 is 19.9 Å². The van der Waals surface area contributed by atoms with Crippen molar-refractivity contribution in [1.82, 2.24) is 10.2 Å². The Hall–Kier alpha value is -2.79. The molecule has 0 bridgehead atoms. The number of rotatable bonds is 14. The largest absolute Gasteiger partial charge is 0.480 e. The van der Waals surface area contributed by atoms with E-state index in [9.17, 15) is 23.1 Å². The van der Waals surface area contributed by atoms with E-state index in [0.29, 0.717) is 23.4 Å². The van der Waals surface area contributed by atoms with Crippen molar-refractivity contribution in [3.05, 3.63) is 59.2 Å². The average molecular weight is 659 g/mol. The molecule has 46 heavy (non-hydrogen) atoms. The normalized spacial score (nSPS) is 19.7. The molecule has 1 aliphatic carbocycles. The van der Waals surface area contributed by atoms with Gasteiger partial charge in [0.15, 0.2) is 0 Å². The molecule has 1 amide bonds. The molecule has 0 spiro atoms. The van der Waals surface area contributed by atoms with Crippen LogP contribution < -0.4 is 5.32 Å². The highest BCUT2D eigenvalue weighted by Crippen LogP contribution is 2.31. The van der Waals surface area contributed by atoms with Crippen molar-refractivity contribution in [2.75, 3.05) is 45.5 Å². The Balaban J connectivity index is 0.00000136. The van der Waals surface area contributed by atoms with Crippen LogP contribution in [0.5, 0.6) is 0 Å². The predicted molar refractivity (Wildman–Crippen MR) is 183 cm³/mol. The maximum Gasteiger partial charge on any atom is 0.326 e. The van der Waals surface area contributed by atoms with Gasteiger partial charge >= 0.3 is 5.97 Å². The maximum atomic E-state index is 13.4. The maximum absolute atomic E-state index is 13.4. The molecule has 2 aromatic carbocycles. The molecule has 3 unspecified atom stereocenters. The summed E-state index contributed by atoms with van der Waals surface area (Å²) in [5.74, 6) is -0.860. The van der Waals surface area contributed by atoms with Crippen LogP contribution in [0, 0.1) is 18.8 Å². The number of ether oxygens (including phenoxy) is 2. The minimum atomic E-state index is -3.38. The fraction of sp³-hybridized carbons (Fsp3) is 0.611. The van der Waals surface area contributed by atoms with E-state index < -0.39 is 27.8 Å². The van der Waals surface area contributed by atoms with Gasteiger partial charge in [-0.05, 0) is 85.8 Å². The number of aryl methyl sites for hydroxylation is 1. The summed E-state index contributed by atoms with van der Waals surface area (Å²) in [4.78, 5) is 27.8. The molecule has 1 saturated heterocycles. The molecule has 1 heterocycles.